The Labute approximate surface area is 147 Å². The first-order valence-electron chi connectivity index (χ1n) is 7.85. The maximum absolute atomic E-state index is 11.4. The van der Waals surface area contributed by atoms with Gasteiger partial charge >= 0.3 is 0 Å². The molecule has 0 spiro atoms. The predicted molar refractivity (Wildman–Crippen MR) is 93.7 cm³/mol. The summed E-state index contributed by atoms with van der Waals surface area (Å²) >= 11 is 0. The number of hydrogen-bond donors (Lipinski definition) is 2. The summed E-state index contributed by atoms with van der Waals surface area (Å²) in [4.78, 5) is 12.5. The molecule has 0 amide bonds. The third-order valence-corrected chi connectivity index (χ3v) is 4.69. The maximum Gasteiger partial charge on any atom is 0.293 e. The van der Waals surface area contributed by atoms with Crippen molar-refractivity contribution < 1.29 is 18.1 Å². The van der Waals surface area contributed by atoms with Gasteiger partial charge in [0.25, 0.3) is 5.69 Å². The summed E-state index contributed by atoms with van der Waals surface area (Å²) in [5.41, 5.74) is -0.103. The number of nitrogens with zero attached hydrogens (tertiary/aromatic N) is 2. The zero-order valence-corrected chi connectivity index (χ0v) is 15.1. The van der Waals surface area contributed by atoms with Gasteiger partial charge in [0.05, 0.1) is 22.5 Å². The number of nitrogens with two attached hydrogens (primary N) is 1. The number of nitrogens with one attached hydrogen (secondary N) is 1. The van der Waals surface area contributed by atoms with Gasteiger partial charge in [-0.15, -0.1) is 0 Å². The minimum absolute atomic E-state index is 0.106. The molecule has 139 valence electrons. The average molecular weight is 371 g/mol. The second-order valence-corrected chi connectivity index (χ2v) is 7.86. The molecule has 1 atom stereocenters. The molecule has 0 aromatic heterocycles. The zero-order valence-electron chi connectivity index (χ0n) is 14.3. The van der Waals surface area contributed by atoms with E-state index in [0.717, 1.165) is 25.7 Å². The smallest absolute Gasteiger partial charge is 0.293 e. The van der Waals surface area contributed by atoms with Crippen LogP contribution < -0.4 is 10.5 Å². The van der Waals surface area contributed by atoms with Crippen LogP contribution in [0.2, 0.25) is 0 Å². The third-order valence-electron chi connectivity index (χ3n) is 3.78. The highest BCUT2D eigenvalue weighted by Gasteiger charge is 2.23. The van der Waals surface area contributed by atoms with E-state index < -0.39 is 14.9 Å². The van der Waals surface area contributed by atoms with Gasteiger partial charge in [-0.1, -0.05) is 13.8 Å². The quantitative estimate of drug-likeness (QED) is 0.540. The number of nitro groups is 1. The second kappa shape index (κ2) is 8.09. The Morgan fingerprint density at radius 3 is 2.80 bits per heavy atom. The number of ether oxygens (including phenoxy) is 1. The first-order valence-corrected chi connectivity index (χ1v) is 9.39. The van der Waals surface area contributed by atoms with Crippen LogP contribution in [0.25, 0.3) is 0 Å². The average Bonchev–Trinajstić information content (AvgIpc) is 2.51. The van der Waals surface area contributed by atoms with Crippen LogP contribution in [-0.2, 0) is 14.8 Å². The zero-order chi connectivity index (χ0) is 18.6. The lowest BCUT2D eigenvalue weighted by molar-refractivity contribution is -0.384. The van der Waals surface area contributed by atoms with Crippen LogP contribution in [0.4, 0.5) is 11.4 Å². The normalized spacial score (nSPS) is 19.1. The van der Waals surface area contributed by atoms with Crippen LogP contribution in [-0.4, -0.2) is 57.1 Å². The standard InChI is InChI=1S/C15H23N4O5S/c1-11(2)9-18-5-6-24-12(10-18)8-17-14-4-3-13(25(16,22)23)7-15(14)19(20)21/h3-4,7,12,17H,5-6,8-10H2,1-2H3,(H2,16,22,23)/t12-/m1/s1. The monoisotopic (exact) mass is 371 g/mol. The molecule has 1 aliphatic rings. The SMILES string of the molecule is C[C](C)CN1CCO[C@H](CNc2ccc(S(N)(=O)=O)cc2[N+](=O)[O-])C1. The second-order valence-electron chi connectivity index (χ2n) is 6.30. The minimum Gasteiger partial charge on any atom is -0.377 e. The minimum atomic E-state index is -4.00. The van der Waals surface area contributed by atoms with Crippen molar-refractivity contribution >= 4 is 21.4 Å². The highest BCUT2D eigenvalue weighted by Crippen LogP contribution is 2.27. The van der Waals surface area contributed by atoms with Crippen molar-refractivity contribution in [2.24, 2.45) is 5.14 Å². The van der Waals surface area contributed by atoms with E-state index in [1.54, 1.807) is 0 Å². The number of rotatable bonds is 7. The molecule has 2 rings (SSSR count). The molecule has 1 saturated heterocycles. The Balaban J connectivity index is 2.06. The molecule has 1 fully saturated rings. The Hall–Kier alpha value is -1.75. The number of benzene rings is 1. The molecule has 1 aromatic carbocycles. The fourth-order valence-electron chi connectivity index (χ4n) is 2.71. The largest absolute Gasteiger partial charge is 0.377 e. The summed E-state index contributed by atoms with van der Waals surface area (Å²) in [6.07, 6.45) is -0.106. The highest BCUT2D eigenvalue weighted by molar-refractivity contribution is 7.89. The molecular formula is C15H23N4O5S. The topological polar surface area (TPSA) is 128 Å². The maximum atomic E-state index is 11.4. The van der Waals surface area contributed by atoms with E-state index in [1.807, 2.05) is 0 Å². The number of morpholine rings is 1. The summed E-state index contributed by atoms with van der Waals surface area (Å²) in [7, 11) is -4.00. The van der Waals surface area contributed by atoms with Gasteiger partial charge in [0.1, 0.15) is 5.69 Å². The molecular weight excluding hydrogens is 348 g/mol. The van der Waals surface area contributed by atoms with Crippen molar-refractivity contribution in [2.75, 3.05) is 38.1 Å². The number of hydrogen-bond acceptors (Lipinski definition) is 7. The lowest BCUT2D eigenvalue weighted by atomic mass is 10.1. The molecule has 10 heteroatoms. The van der Waals surface area contributed by atoms with Gasteiger partial charge in [-0.05, 0) is 18.1 Å². The van der Waals surface area contributed by atoms with Crippen molar-refractivity contribution in [1.82, 2.24) is 4.90 Å². The molecule has 1 aromatic rings. The molecule has 1 radical (unpaired) electrons. The van der Waals surface area contributed by atoms with Gasteiger partial charge in [0.15, 0.2) is 0 Å². The van der Waals surface area contributed by atoms with Crippen LogP contribution in [0, 0.1) is 16.0 Å². The summed E-state index contributed by atoms with van der Waals surface area (Å²) < 4.78 is 28.4. The fourth-order valence-corrected chi connectivity index (χ4v) is 3.24. The molecule has 1 aliphatic heterocycles. The third kappa shape index (κ3) is 5.63. The Morgan fingerprint density at radius 2 is 2.20 bits per heavy atom. The van der Waals surface area contributed by atoms with Crippen molar-refractivity contribution in [3.8, 4) is 0 Å². The van der Waals surface area contributed by atoms with Gasteiger partial charge in [-0.3, -0.25) is 15.0 Å². The Kier molecular flexibility index (Phi) is 6.33. The van der Waals surface area contributed by atoms with Crippen LogP contribution in [0.1, 0.15) is 13.8 Å². The fraction of sp³-hybridized carbons (Fsp3) is 0.533. The van der Waals surface area contributed by atoms with Crippen LogP contribution in [0.15, 0.2) is 23.1 Å². The van der Waals surface area contributed by atoms with E-state index >= 15 is 0 Å². The number of sulfonamides is 1. The first kappa shape index (κ1) is 19.6. The molecule has 3 N–H and O–H groups in total. The highest BCUT2D eigenvalue weighted by atomic mass is 32.2. The summed E-state index contributed by atoms with van der Waals surface area (Å²) in [5.74, 6) is 1.31. The van der Waals surface area contributed by atoms with E-state index in [4.69, 9.17) is 9.88 Å². The van der Waals surface area contributed by atoms with Gasteiger partial charge in [-0.2, -0.15) is 0 Å². The summed E-state index contributed by atoms with van der Waals surface area (Å²) in [6, 6.07) is 3.55. The molecule has 0 aliphatic carbocycles. The van der Waals surface area contributed by atoms with E-state index in [1.165, 1.54) is 18.1 Å². The van der Waals surface area contributed by atoms with E-state index in [-0.39, 0.29) is 22.4 Å². The Morgan fingerprint density at radius 1 is 1.48 bits per heavy atom. The van der Waals surface area contributed by atoms with E-state index in [2.05, 4.69) is 24.1 Å². The molecule has 1 heterocycles. The van der Waals surface area contributed by atoms with Gasteiger partial charge in [-0.25, -0.2) is 13.6 Å². The van der Waals surface area contributed by atoms with Crippen molar-refractivity contribution in [3.63, 3.8) is 0 Å². The summed E-state index contributed by atoms with van der Waals surface area (Å²) in [5, 5.41) is 19.2. The molecule has 9 nitrogen and oxygen atoms in total. The van der Waals surface area contributed by atoms with Crippen LogP contribution in [0.3, 0.4) is 0 Å². The van der Waals surface area contributed by atoms with Crippen LogP contribution >= 0.6 is 0 Å². The molecule has 0 bridgehead atoms. The molecule has 0 saturated carbocycles. The number of anilines is 1. The lowest BCUT2D eigenvalue weighted by Gasteiger charge is -2.34. The lowest BCUT2D eigenvalue weighted by Crippen LogP contribution is -2.46. The number of primary sulfonamides is 1. The van der Waals surface area contributed by atoms with E-state index in [9.17, 15) is 18.5 Å². The van der Waals surface area contributed by atoms with Crippen molar-refractivity contribution in [2.45, 2.75) is 24.8 Å². The number of nitro benzene ring substituents is 1. The predicted octanol–water partition coefficient (Wildman–Crippen LogP) is 0.969. The van der Waals surface area contributed by atoms with Crippen LogP contribution in [0.5, 0.6) is 0 Å². The van der Waals surface area contributed by atoms with E-state index in [0.29, 0.717) is 13.2 Å². The van der Waals surface area contributed by atoms with Crippen molar-refractivity contribution in [3.05, 3.63) is 34.2 Å². The molecule has 25 heavy (non-hydrogen) atoms. The van der Waals surface area contributed by atoms with Gasteiger partial charge < -0.3 is 10.1 Å². The van der Waals surface area contributed by atoms with Crippen molar-refractivity contribution in [1.29, 1.82) is 0 Å². The Bertz CT molecular complexity index is 723. The molecule has 0 unspecified atom stereocenters. The first-order chi connectivity index (χ1) is 11.7. The summed E-state index contributed by atoms with van der Waals surface area (Å²) in [6.45, 7) is 7.59. The van der Waals surface area contributed by atoms with Gasteiger partial charge in [0, 0.05) is 32.2 Å². The van der Waals surface area contributed by atoms with Gasteiger partial charge in [0.2, 0.25) is 10.0 Å².